The molecule has 0 aromatic carbocycles. The fourth-order valence-electron chi connectivity index (χ4n) is 1.66. The van der Waals surface area contributed by atoms with Gasteiger partial charge in [-0.2, -0.15) is 0 Å². The van der Waals surface area contributed by atoms with Gasteiger partial charge < -0.3 is 9.64 Å². The van der Waals surface area contributed by atoms with E-state index in [1.165, 1.54) is 0 Å². The summed E-state index contributed by atoms with van der Waals surface area (Å²) < 4.78 is 5.28. The van der Waals surface area contributed by atoms with Crippen LogP contribution in [0.25, 0.3) is 0 Å². The number of carbonyl (C=O) groups is 2. The van der Waals surface area contributed by atoms with E-state index in [4.69, 9.17) is 11.2 Å². The molecule has 0 radical (unpaired) electrons. The standard InChI is InChI=1S/C13H20N2O3/c1-5-11(16)10-14-6-8-15(9-7-14)12(17)18-13(2,3)4/h1H,6-10H2,2-4H3. The van der Waals surface area contributed by atoms with E-state index in [-0.39, 0.29) is 18.4 Å². The third-order valence-corrected chi connectivity index (χ3v) is 2.55. The van der Waals surface area contributed by atoms with Gasteiger partial charge in [-0.3, -0.25) is 9.69 Å². The first-order chi connectivity index (χ1) is 8.31. The van der Waals surface area contributed by atoms with E-state index >= 15 is 0 Å². The summed E-state index contributed by atoms with van der Waals surface area (Å²) in [5.74, 6) is 1.87. The molecule has 0 aliphatic carbocycles. The van der Waals surface area contributed by atoms with Gasteiger partial charge in [0.2, 0.25) is 5.78 Å². The Hall–Kier alpha value is -1.54. The molecule has 5 heteroatoms. The number of hydrogen-bond acceptors (Lipinski definition) is 4. The van der Waals surface area contributed by atoms with Gasteiger partial charge in [-0.15, -0.1) is 6.42 Å². The van der Waals surface area contributed by atoms with Crippen molar-refractivity contribution in [2.24, 2.45) is 0 Å². The third kappa shape index (κ3) is 4.76. The minimum atomic E-state index is -0.479. The first-order valence-electron chi connectivity index (χ1n) is 6.01. The molecule has 1 rings (SSSR count). The minimum absolute atomic E-state index is 0.222. The first kappa shape index (κ1) is 14.5. The van der Waals surface area contributed by atoms with Gasteiger partial charge in [0.1, 0.15) is 5.60 Å². The Bertz CT molecular complexity index is 357. The van der Waals surface area contributed by atoms with E-state index in [0.717, 1.165) is 0 Å². The second-order valence-corrected chi connectivity index (χ2v) is 5.31. The van der Waals surface area contributed by atoms with E-state index in [1.807, 2.05) is 25.7 Å². The predicted molar refractivity (Wildman–Crippen MR) is 68.1 cm³/mol. The second-order valence-electron chi connectivity index (χ2n) is 5.31. The van der Waals surface area contributed by atoms with Gasteiger partial charge in [0.15, 0.2) is 0 Å². The summed E-state index contributed by atoms with van der Waals surface area (Å²) in [7, 11) is 0. The molecule has 0 aromatic heterocycles. The van der Waals surface area contributed by atoms with Crippen molar-refractivity contribution in [1.82, 2.24) is 9.80 Å². The molecule has 0 saturated carbocycles. The minimum Gasteiger partial charge on any atom is -0.444 e. The smallest absolute Gasteiger partial charge is 0.410 e. The van der Waals surface area contributed by atoms with Crippen molar-refractivity contribution in [1.29, 1.82) is 0 Å². The van der Waals surface area contributed by atoms with Gasteiger partial charge in [0, 0.05) is 26.2 Å². The molecule has 1 fully saturated rings. The highest BCUT2D eigenvalue weighted by atomic mass is 16.6. The monoisotopic (exact) mass is 252 g/mol. The molecule has 100 valence electrons. The first-order valence-corrected chi connectivity index (χ1v) is 6.01. The Labute approximate surface area is 108 Å². The van der Waals surface area contributed by atoms with Crippen molar-refractivity contribution in [3.05, 3.63) is 0 Å². The molecule has 0 unspecified atom stereocenters. The number of nitrogens with zero attached hydrogens (tertiary/aromatic N) is 2. The van der Waals surface area contributed by atoms with Crippen LogP contribution in [0.2, 0.25) is 0 Å². The zero-order valence-corrected chi connectivity index (χ0v) is 11.2. The lowest BCUT2D eigenvalue weighted by Crippen LogP contribution is -2.50. The van der Waals surface area contributed by atoms with Crippen molar-refractivity contribution in [3.8, 4) is 12.3 Å². The number of carbonyl (C=O) groups excluding carboxylic acids is 2. The van der Waals surface area contributed by atoms with E-state index in [9.17, 15) is 9.59 Å². The Morgan fingerprint density at radius 1 is 1.22 bits per heavy atom. The molecule has 0 spiro atoms. The summed E-state index contributed by atoms with van der Waals surface area (Å²) in [5.41, 5.74) is -0.479. The van der Waals surface area contributed by atoms with Crippen molar-refractivity contribution in [2.45, 2.75) is 26.4 Å². The largest absolute Gasteiger partial charge is 0.444 e. The number of ether oxygens (including phenoxy) is 1. The summed E-state index contributed by atoms with van der Waals surface area (Å²) in [4.78, 5) is 26.5. The average Bonchev–Trinajstić information content (AvgIpc) is 2.27. The van der Waals surface area contributed by atoms with Gasteiger partial charge in [0.05, 0.1) is 6.54 Å². The van der Waals surface area contributed by atoms with E-state index in [2.05, 4.69) is 5.92 Å². The Morgan fingerprint density at radius 2 is 1.78 bits per heavy atom. The number of hydrogen-bond donors (Lipinski definition) is 0. The molecule has 1 aliphatic rings. The van der Waals surface area contributed by atoms with E-state index in [1.54, 1.807) is 4.90 Å². The van der Waals surface area contributed by atoms with E-state index in [0.29, 0.717) is 26.2 Å². The van der Waals surface area contributed by atoms with Crippen LogP contribution >= 0.6 is 0 Å². The number of ketones is 1. The van der Waals surface area contributed by atoms with Gasteiger partial charge in [-0.25, -0.2) is 4.79 Å². The van der Waals surface area contributed by atoms with Crippen molar-refractivity contribution < 1.29 is 14.3 Å². The molecular formula is C13H20N2O3. The predicted octanol–water partition coefficient (Wildman–Crippen LogP) is 0.741. The van der Waals surface area contributed by atoms with Crippen LogP contribution in [-0.4, -0.2) is 60.0 Å². The highest BCUT2D eigenvalue weighted by Gasteiger charge is 2.26. The molecule has 1 aliphatic heterocycles. The quantitative estimate of drug-likeness (QED) is 0.537. The van der Waals surface area contributed by atoms with Gasteiger partial charge in [-0.1, -0.05) is 0 Å². The zero-order valence-electron chi connectivity index (χ0n) is 11.2. The molecule has 1 saturated heterocycles. The third-order valence-electron chi connectivity index (χ3n) is 2.55. The molecule has 0 atom stereocenters. The molecule has 1 amide bonds. The van der Waals surface area contributed by atoms with Crippen molar-refractivity contribution >= 4 is 11.9 Å². The number of amides is 1. The van der Waals surface area contributed by atoms with Crippen LogP contribution in [-0.2, 0) is 9.53 Å². The maximum Gasteiger partial charge on any atom is 0.410 e. The van der Waals surface area contributed by atoms with Gasteiger partial charge in [-0.05, 0) is 26.7 Å². The Balaban J connectivity index is 2.38. The average molecular weight is 252 g/mol. The van der Waals surface area contributed by atoms with Gasteiger partial charge >= 0.3 is 6.09 Å². The SMILES string of the molecule is C#CC(=O)CN1CCN(C(=O)OC(C)(C)C)CC1. The second kappa shape index (κ2) is 5.87. The van der Waals surface area contributed by atoms with Crippen LogP contribution in [0.1, 0.15) is 20.8 Å². The zero-order chi connectivity index (χ0) is 13.8. The molecule has 0 bridgehead atoms. The van der Waals surface area contributed by atoms with Crippen LogP contribution < -0.4 is 0 Å². The summed E-state index contributed by atoms with van der Waals surface area (Å²) in [6.07, 6.45) is 4.72. The normalized spacial score (nSPS) is 17.1. The molecular weight excluding hydrogens is 232 g/mol. The van der Waals surface area contributed by atoms with Crippen molar-refractivity contribution in [3.63, 3.8) is 0 Å². The van der Waals surface area contributed by atoms with Crippen LogP contribution in [0.4, 0.5) is 4.79 Å². The molecule has 18 heavy (non-hydrogen) atoms. The summed E-state index contributed by atoms with van der Waals surface area (Å²) >= 11 is 0. The van der Waals surface area contributed by atoms with Crippen LogP contribution in [0.15, 0.2) is 0 Å². The number of rotatable bonds is 2. The molecule has 5 nitrogen and oxygen atoms in total. The molecule has 0 aromatic rings. The summed E-state index contributed by atoms with van der Waals surface area (Å²) in [6, 6.07) is 0. The highest BCUT2D eigenvalue weighted by molar-refractivity contribution is 5.96. The lowest BCUT2D eigenvalue weighted by Gasteiger charge is -2.34. The maximum absolute atomic E-state index is 11.8. The molecule has 1 heterocycles. The maximum atomic E-state index is 11.8. The lowest BCUT2D eigenvalue weighted by molar-refractivity contribution is -0.115. The Kier molecular flexibility index (Phi) is 4.74. The number of terminal acetylenes is 1. The van der Waals surface area contributed by atoms with Crippen molar-refractivity contribution in [2.75, 3.05) is 32.7 Å². The summed E-state index contributed by atoms with van der Waals surface area (Å²) in [6.45, 7) is 8.20. The van der Waals surface area contributed by atoms with Gasteiger partial charge in [0.25, 0.3) is 0 Å². The fraction of sp³-hybridized carbons (Fsp3) is 0.692. The number of Topliss-reactive ketones (excluding diaryl/α,β-unsaturated/α-hetero) is 1. The Morgan fingerprint density at radius 3 is 2.22 bits per heavy atom. The molecule has 0 N–H and O–H groups in total. The topological polar surface area (TPSA) is 49.9 Å². The number of piperazine rings is 1. The highest BCUT2D eigenvalue weighted by Crippen LogP contribution is 2.11. The van der Waals surface area contributed by atoms with Crippen LogP contribution in [0, 0.1) is 12.3 Å². The lowest BCUT2D eigenvalue weighted by atomic mass is 10.2. The summed E-state index contributed by atoms with van der Waals surface area (Å²) in [5, 5.41) is 0. The fourth-order valence-corrected chi connectivity index (χ4v) is 1.66. The van der Waals surface area contributed by atoms with Crippen LogP contribution in [0.5, 0.6) is 0 Å². The van der Waals surface area contributed by atoms with E-state index < -0.39 is 5.60 Å². The van der Waals surface area contributed by atoms with Crippen LogP contribution in [0.3, 0.4) is 0 Å².